The van der Waals surface area contributed by atoms with Gasteiger partial charge in [0.05, 0.1) is 11.8 Å². The highest BCUT2D eigenvalue weighted by molar-refractivity contribution is 5.78. The van der Waals surface area contributed by atoms with Crippen molar-refractivity contribution in [2.24, 2.45) is 5.16 Å². The van der Waals surface area contributed by atoms with E-state index >= 15 is 0 Å². The van der Waals surface area contributed by atoms with E-state index in [9.17, 15) is 4.79 Å². The number of nitrogens with zero attached hydrogens (tertiary/aromatic N) is 1. The van der Waals surface area contributed by atoms with Crippen molar-refractivity contribution in [1.29, 1.82) is 0 Å². The number of carboxylic acids is 1. The fourth-order valence-corrected chi connectivity index (χ4v) is 1.26. The molecule has 0 aliphatic carbocycles. The van der Waals surface area contributed by atoms with Gasteiger partial charge < -0.3 is 14.7 Å². The van der Waals surface area contributed by atoms with Crippen LogP contribution >= 0.6 is 0 Å². The van der Waals surface area contributed by atoms with Gasteiger partial charge in [-0.1, -0.05) is 5.16 Å². The predicted octanol–water partition coefficient (Wildman–Crippen LogP) is 1.03. The molecule has 5 heteroatoms. The summed E-state index contributed by atoms with van der Waals surface area (Å²) in [7, 11) is 0. The Morgan fingerprint density at radius 1 is 1.57 bits per heavy atom. The molecule has 1 fully saturated rings. The van der Waals surface area contributed by atoms with Crippen LogP contribution in [0.25, 0.3) is 0 Å². The Bertz CT molecular complexity index is 235. The van der Waals surface area contributed by atoms with Crippen molar-refractivity contribution in [2.45, 2.75) is 38.9 Å². The Morgan fingerprint density at radius 3 is 2.79 bits per heavy atom. The fraction of sp³-hybridized carbons (Fsp3) is 0.778. The standard InChI is InChI=1S/C9H15NO4/c1-6(2)10-13-5-7-3-4-8(14-7)9(11)12/h7-8H,3-5H2,1-2H3,(H,11,12). The van der Waals surface area contributed by atoms with E-state index in [2.05, 4.69) is 5.16 Å². The smallest absolute Gasteiger partial charge is 0.332 e. The molecule has 0 aromatic heterocycles. The van der Waals surface area contributed by atoms with Crippen LogP contribution in [0.2, 0.25) is 0 Å². The summed E-state index contributed by atoms with van der Waals surface area (Å²) in [6.07, 6.45) is 0.461. The maximum Gasteiger partial charge on any atom is 0.332 e. The molecule has 0 radical (unpaired) electrons. The van der Waals surface area contributed by atoms with Gasteiger partial charge in [-0.25, -0.2) is 4.79 Å². The van der Waals surface area contributed by atoms with Gasteiger partial charge in [0.1, 0.15) is 6.61 Å². The molecule has 1 aliphatic rings. The number of ether oxygens (including phenoxy) is 1. The quantitative estimate of drug-likeness (QED) is 0.545. The summed E-state index contributed by atoms with van der Waals surface area (Å²) in [5.41, 5.74) is 0.831. The molecule has 1 aliphatic heterocycles. The molecule has 1 rings (SSSR count). The largest absolute Gasteiger partial charge is 0.479 e. The molecule has 2 unspecified atom stereocenters. The van der Waals surface area contributed by atoms with Crippen LogP contribution in [0.5, 0.6) is 0 Å². The van der Waals surface area contributed by atoms with Gasteiger partial charge >= 0.3 is 5.97 Å². The first kappa shape index (κ1) is 11.0. The van der Waals surface area contributed by atoms with E-state index in [1.807, 2.05) is 13.8 Å². The van der Waals surface area contributed by atoms with Crippen LogP contribution in [0.3, 0.4) is 0 Å². The van der Waals surface area contributed by atoms with Gasteiger partial charge in [0, 0.05) is 0 Å². The first-order valence-corrected chi connectivity index (χ1v) is 4.61. The molecular weight excluding hydrogens is 186 g/mol. The molecule has 14 heavy (non-hydrogen) atoms. The summed E-state index contributed by atoms with van der Waals surface area (Å²) in [5, 5.41) is 12.4. The first-order valence-electron chi connectivity index (χ1n) is 4.61. The molecule has 1 N–H and O–H groups in total. The van der Waals surface area contributed by atoms with E-state index in [1.54, 1.807) is 0 Å². The summed E-state index contributed by atoms with van der Waals surface area (Å²) in [6, 6.07) is 0. The molecule has 0 bridgehead atoms. The van der Waals surface area contributed by atoms with Crippen molar-refractivity contribution in [2.75, 3.05) is 6.61 Å². The van der Waals surface area contributed by atoms with E-state index in [4.69, 9.17) is 14.7 Å². The highest BCUT2D eigenvalue weighted by atomic mass is 16.6. The summed E-state index contributed by atoms with van der Waals surface area (Å²) >= 11 is 0. The zero-order chi connectivity index (χ0) is 10.6. The van der Waals surface area contributed by atoms with Gasteiger partial charge in [0.2, 0.25) is 0 Å². The zero-order valence-electron chi connectivity index (χ0n) is 8.40. The lowest BCUT2D eigenvalue weighted by molar-refractivity contribution is -0.150. The Kier molecular flexibility index (Phi) is 3.88. The average molecular weight is 201 g/mol. The number of carboxylic acid groups (broad SMARTS) is 1. The van der Waals surface area contributed by atoms with Crippen molar-refractivity contribution in [3.8, 4) is 0 Å². The van der Waals surface area contributed by atoms with Crippen molar-refractivity contribution >= 4 is 11.7 Å². The number of carbonyl (C=O) groups is 1. The summed E-state index contributed by atoms with van der Waals surface area (Å²) in [6.45, 7) is 3.99. The van der Waals surface area contributed by atoms with Gasteiger partial charge in [0.15, 0.2) is 6.10 Å². The number of hydrogen-bond donors (Lipinski definition) is 1. The molecule has 0 spiro atoms. The van der Waals surface area contributed by atoms with Crippen LogP contribution in [0.4, 0.5) is 0 Å². The highest BCUT2D eigenvalue weighted by Crippen LogP contribution is 2.19. The lowest BCUT2D eigenvalue weighted by atomic mass is 10.2. The summed E-state index contributed by atoms with van der Waals surface area (Å²) < 4.78 is 5.21. The zero-order valence-corrected chi connectivity index (χ0v) is 8.40. The summed E-state index contributed by atoms with van der Waals surface area (Å²) in [5.74, 6) is -0.900. The van der Waals surface area contributed by atoms with Crippen LogP contribution in [0.15, 0.2) is 5.16 Å². The van der Waals surface area contributed by atoms with Gasteiger partial charge in [-0.15, -0.1) is 0 Å². The third kappa shape index (κ3) is 3.33. The first-order chi connectivity index (χ1) is 6.59. The van der Waals surface area contributed by atoms with E-state index in [-0.39, 0.29) is 6.10 Å². The van der Waals surface area contributed by atoms with E-state index < -0.39 is 12.1 Å². The molecule has 1 saturated heterocycles. The second-order valence-electron chi connectivity index (χ2n) is 3.50. The summed E-state index contributed by atoms with van der Waals surface area (Å²) in [4.78, 5) is 15.5. The minimum absolute atomic E-state index is 0.140. The predicted molar refractivity (Wildman–Crippen MR) is 50.3 cm³/mol. The van der Waals surface area contributed by atoms with Crippen molar-refractivity contribution < 1.29 is 19.5 Å². The highest BCUT2D eigenvalue weighted by Gasteiger charge is 2.30. The third-order valence-electron chi connectivity index (χ3n) is 1.89. The number of oxime groups is 1. The lowest BCUT2D eigenvalue weighted by Gasteiger charge is -2.09. The third-order valence-corrected chi connectivity index (χ3v) is 1.89. The van der Waals surface area contributed by atoms with E-state index in [1.165, 1.54) is 0 Å². The maximum atomic E-state index is 10.5. The number of hydrogen-bond acceptors (Lipinski definition) is 4. The molecule has 2 atom stereocenters. The van der Waals surface area contributed by atoms with Crippen LogP contribution in [-0.2, 0) is 14.4 Å². The van der Waals surface area contributed by atoms with Crippen molar-refractivity contribution in [3.63, 3.8) is 0 Å². The van der Waals surface area contributed by atoms with Gasteiger partial charge in [0.25, 0.3) is 0 Å². The SMILES string of the molecule is CC(C)=NOCC1CCC(C(=O)O)O1. The van der Waals surface area contributed by atoms with Gasteiger partial charge in [-0.3, -0.25) is 0 Å². The van der Waals surface area contributed by atoms with Crippen LogP contribution in [0.1, 0.15) is 26.7 Å². The Balaban J connectivity index is 2.23. The maximum absolute atomic E-state index is 10.5. The van der Waals surface area contributed by atoms with Gasteiger partial charge in [-0.05, 0) is 26.7 Å². The second-order valence-corrected chi connectivity index (χ2v) is 3.50. The molecule has 0 aromatic carbocycles. The van der Waals surface area contributed by atoms with Crippen LogP contribution in [0, 0.1) is 0 Å². The monoisotopic (exact) mass is 201 g/mol. The second kappa shape index (κ2) is 4.95. The lowest BCUT2D eigenvalue weighted by Crippen LogP contribution is -2.22. The van der Waals surface area contributed by atoms with Gasteiger partial charge in [-0.2, -0.15) is 0 Å². The Morgan fingerprint density at radius 2 is 2.29 bits per heavy atom. The number of aliphatic carboxylic acids is 1. The topological polar surface area (TPSA) is 68.1 Å². The molecule has 0 saturated carbocycles. The average Bonchev–Trinajstić information content (AvgIpc) is 2.52. The fourth-order valence-electron chi connectivity index (χ4n) is 1.26. The van der Waals surface area contributed by atoms with Crippen LogP contribution in [-0.4, -0.2) is 35.6 Å². The molecule has 1 heterocycles. The minimum Gasteiger partial charge on any atom is -0.479 e. The molecule has 0 amide bonds. The minimum atomic E-state index is -0.900. The number of rotatable bonds is 4. The normalized spacial score (nSPS) is 25.9. The molecule has 0 aromatic rings. The van der Waals surface area contributed by atoms with Crippen molar-refractivity contribution in [3.05, 3.63) is 0 Å². The van der Waals surface area contributed by atoms with E-state index in [0.29, 0.717) is 13.0 Å². The Hall–Kier alpha value is -1.10. The van der Waals surface area contributed by atoms with Crippen LogP contribution < -0.4 is 0 Å². The molecular formula is C9H15NO4. The molecule has 5 nitrogen and oxygen atoms in total. The Labute approximate surface area is 82.7 Å². The van der Waals surface area contributed by atoms with E-state index in [0.717, 1.165) is 12.1 Å². The molecule has 80 valence electrons. The van der Waals surface area contributed by atoms with Crippen molar-refractivity contribution in [1.82, 2.24) is 0 Å².